The number of aryl methyl sites for hydroxylation is 1. The average molecular weight is 194 g/mol. The molecule has 0 aliphatic heterocycles. The molecule has 0 N–H and O–H groups in total. The summed E-state index contributed by atoms with van der Waals surface area (Å²) in [4.78, 5) is 4.28. The van der Waals surface area contributed by atoms with E-state index in [0.29, 0.717) is 5.56 Å². The standard InChI is InChI=1S/C13H10N2/c1-3-10-6-9(2)7-12-11(8-14)4-5-15-13(10)12/h3-7H,1H2,2H3. The lowest BCUT2D eigenvalue weighted by atomic mass is 10.0. The van der Waals surface area contributed by atoms with E-state index in [-0.39, 0.29) is 0 Å². The van der Waals surface area contributed by atoms with Gasteiger partial charge in [0.1, 0.15) is 0 Å². The second-order valence-corrected chi connectivity index (χ2v) is 3.42. The molecule has 2 heteroatoms. The van der Waals surface area contributed by atoms with Gasteiger partial charge in [-0.05, 0) is 30.7 Å². The zero-order chi connectivity index (χ0) is 10.8. The number of hydrogen-bond acceptors (Lipinski definition) is 2. The summed E-state index contributed by atoms with van der Waals surface area (Å²) >= 11 is 0. The van der Waals surface area contributed by atoms with Crippen LogP contribution >= 0.6 is 0 Å². The van der Waals surface area contributed by atoms with Crippen molar-refractivity contribution in [2.75, 3.05) is 0 Å². The van der Waals surface area contributed by atoms with E-state index in [4.69, 9.17) is 5.26 Å². The number of hydrogen-bond donors (Lipinski definition) is 0. The summed E-state index contributed by atoms with van der Waals surface area (Å²) in [5.74, 6) is 0. The van der Waals surface area contributed by atoms with Gasteiger partial charge in [0.05, 0.1) is 17.1 Å². The summed E-state index contributed by atoms with van der Waals surface area (Å²) in [6, 6.07) is 7.90. The highest BCUT2D eigenvalue weighted by Gasteiger charge is 2.04. The minimum absolute atomic E-state index is 0.659. The first-order valence-corrected chi connectivity index (χ1v) is 4.68. The minimum atomic E-state index is 0.659. The monoisotopic (exact) mass is 194 g/mol. The largest absolute Gasteiger partial charge is 0.256 e. The maximum absolute atomic E-state index is 8.99. The Labute approximate surface area is 88.5 Å². The van der Waals surface area contributed by atoms with Crippen LogP contribution in [0.2, 0.25) is 0 Å². The zero-order valence-electron chi connectivity index (χ0n) is 8.49. The molecular weight excluding hydrogens is 184 g/mol. The van der Waals surface area contributed by atoms with Gasteiger partial charge in [-0.15, -0.1) is 0 Å². The SMILES string of the molecule is C=Cc1cc(C)cc2c(C#N)ccnc12. The molecule has 0 atom stereocenters. The second kappa shape index (κ2) is 3.55. The van der Waals surface area contributed by atoms with Crippen molar-refractivity contribution in [3.05, 3.63) is 47.7 Å². The molecule has 0 unspecified atom stereocenters. The molecule has 0 spiro atoms. The van der Waals surface area contributed by atoms with Crippen molar-refractivity contribution >= 4 is 17.0 Å². The summed E-state index contributed by atoms with van der Waals surface area (Å²) in [7, 11) is 0. The summed E-state index contributed by atoms with van der Waals surface area (Å²) < 4.78 is 0. The van der Waals surface area contributed by atoms with Crippen molar-refractivity contribution in [1.29, 1.82) is 5.26 Å². The van der Waals surface area contributed by atoms with Crippen LogP contribution in [0.4, 0.5) is 0 Å². The highest BCUT2D eigenvalue weighted by Crippen LogP contribution is 2.22. The van der Waals surface area contributed by atoms with E-state index in [1.807, 2.05) is 19.1 Å². The zero-order valence-corrected chi connectivity index (χ0v) is 8.49. The van der Waals surface area contributed by atoms with E-state index in [2.05, 4.69) is 17.6 Å². The van der Waals surface area contributed by atoms with Crippen molar-refractivity contribution in [1.82, 2.24) is 4.98 Å². The molecule has 72 valence electrons. The quantitative estimate of drug-likeness (QED) is 0.699. The summed E-state index contributed by atoms with van der Waals surface area (Å²) in [5.41, 5.74) is 3.59. The van der Waals surface area contributed by atoms with Crippen molar-refractivity contribution in [2.24, 2.45) is 0 Å². The van der Waals surface area contributed by atoms with E-state index in [9.17, 15) is 0 Å². The number of nitrogens with zero attached hydrogens (tertiary/aromatic N) is 2. The van der Waals surface area contributed by atoms with Crippen LogP contribution in [-0.4, -0.2) is 4.98 Å². The molecule has 0 radical (unpaired) electrons. The van der Waals surface area contributed by atoms with Gasteiger partial charge in [0.15, 0.2) is 0 Å². The van der Waals surface area contributed by atoms with Gasteiger partial charge in [-0.1, -0.05) is 12.7 Å². The van der Waals surface area contributed by atoms with Crippen LogP contribution in [0.5, 0.6) is 0 Å². The first-order valence-electron chi connectivity index (χ1n) is 4.68. The van der Waals surface area contributed by atoms with Gasteiger partial charge in [0, 0.05) is 17.1 Å². The van der Waals surface area contributed by atoms with Crippen molar-refractivity contribution in [2.45, 2.75) is 6.92 Å². The molecule has 0 saturated carbocycles. The van der Waals surface area contributed by atoms with Crippen LogP contribution in [0.3, 0.4) is 0 Å². The van der Waals surface area contributed by atoms with Gasteiger partial charge in [-0.25, -0.2) is 0 Å². The fourth-order valence-corrected chi connectivity index (χ4v) is 1.69. The Morgan fingerprint density at radius 1 is 1.47 bits per heavy atom. The third-order valence-corrected chi connectivity index (χ3v) is 2.36. The third-order valence-electron chi connectivity index (χ3n) is 2.36. The molecule has 0 saturated heterocycles. The van der Waals surface area contributed by atoms with E-state index in [1.54, 1.807) is 18.3 Å². The number of pyridine rings is 1. The molecule has 0 aliphatic carbocycles. The fraction of sp³-hybridized carbons (Fsp3) is 0.0769. The van der Waals surface area contributed by atoms with Gasteiger partial charge in [-0.3, -0.25) is 4.98 Å². The van der Waals surface area contributed by atoms with Crippen LogP contribution in [0.25, 0.3) is 17.0 Å². The molecular formula is C13H10N2. The number of rotatable bonds is 1. The van der Waals surface area contributed by atoms with Crippen LogP contribution in [0.15, 0.2) is 31.0 Å². The molecule has 0 amide bonds. The number of aromatic nitrogens is 1. The summed E-state index contributed by atoms with van der Waals surface area (Å²) in [5, 5.41) is 9.88. The molecule has 0 fully saturated rings. The molecule has 2 aromatic rings. The molecule has 0 aliphatic rings. The van der Waals surface area contributed by atoms with Gasteiger partial charge in [0.2, 0.25) is 0 Å². The lowest BCUT2D eigenvalue weighted by molar-refractivity contribution is 1.37. The Morgan fingerprint density at radius 3 is 2.93 bits per heavy atom. The predicted molar refractivity (Wildman–Crippen MR) is 61.3 cm³/mol. The molecule has 2 nitrogen and oxygen atoms in total. The molecule has 0 bridgehead atoms. The van der Waals surface area contributed by atoms with E-state index < -0.39 is 0 Å². The van der Waals surface area contributed by atoms with Crippen LogP contribution in [-0.2, 0) is 0 Å². The van der Waals surface area contributed by atoms with E-state index >= 15 is 0 Å². The first-order chi connectivity index (χ1) is 7.26. The van der Waals surface area contributed by atoms with Crippen LogP contribution in [0.1, 0.15) is 16.7 Å². The van der Waals surface area contributed by atoms with Crippen molar-refractivity contribution in [3.63, 3.8) is 0 Å². The third kappa shape index (κ3) is 1.49. The Bertz CT molecular complexity index is 577. The predicted octanol–water partition coefficient (Wildman–Crippen LogP) is 3.06. The van der Waals surface area contributed by atoms with Gasteiger partial charge < -0.3 is 0 Å². The van der Waals surface area contributed by atoms with Crippen LogP contribution < -0.4 is 0 Å². The molecule has 2 rings (SSSR count). The fourth-order valence-electron chi connectivity index (χ4n) is 1.69. The van der Waals surface area contributed by atoms with Gasteiger partial charge >= 0.3 is 0 Å². The van der Waals surface area contributed by atoms with Gasteiger partial charge in [0.25, 0.3) is 0 Å². The summed E-state index contributed by atoms with van der Waals surface area (Å²) in [6.45, 7) is 5.76. The topological polar surface area (TPSA) is 36.7 Å². The maximum Gasteiger partial charge on any atom is 0.0999 e. The Kier molecular flexibility index (Phi) is 2.23. The average Bonchev–Trinajstić information content (AvgIpc) is 2.27. The Morgan fingerprint density at radius 2 is 2.27 bits per heavy atom. The molecule has 1 heterocycles. The molecule has 15 heavy (non-hydrogen) atoms. The Balaban J connectivity index is 2.96. The Hall–Kier alpha value is -2.14. The van der Waals surface area contributed by atoms with Gasteiger partial charge in [-0.2, -0.15) is 5.26 Å². The first kappa shape index (κ1) is 9.42. The normalized spacial score (nSPS) is 9.87. The van der Waals surface area contributed by atoms with E-state index in [1.165, 1.54) is 0 Å². The smallest absolute Gasteiger partial charge is 0.0999 e. The van der Waals surface area contributed by atoms with Crippen LogP contribution in [0, 0.1) is 18.3 Å². The number of nitriles is 1. The minimum Gasteiger partial charge on any atom is -0.256 e. The highest BCUT2D eigenvalue weighted by atomic mass is 14.7. The van der Waals surface area contributed by atoms with E-state index in [0.717, 1.165) is 22.0 Å². The highest BCUT2D eigenvalue weighted by molar-refractivity contribution is 5.91. The molecule has 1 aromatic heterocycles. The lowest BCUT2D eigenvalue weighted by Crippen LogP contribution is -1.88. The maximum atomic E-state index is 8.99. The number of benzene rings is 1. The lowest BCUT2D eigenvalue weighted by Gasteiger charge is -2.04. The second-order valence-electron chi connectivity index (χ2n) is 3.42. The summed E-state index contributed by atoms with van der Waals surface area (Å²) in [6.07, 6.45) is 3.42. The number of fused-ring (bicyclic) bond motifs is 1. The van der Waals surface area contributed by atoms with Crippen molar-refractivity contribution in [3.8, 4) is 6.07 Å². The molecule has 1 aromatic carbocycles. The van der Waals surface area contributed by atoms with Crippen molar-refractivity contribution < 1.29 is 0 Å².